The minimum atomic E-state index is 0.0734. The first-order valence-corrected chi connectivity index (χ1v) is 6.98. The van der Waals surface area contributed by atoms with Crippen LogP contribution in [-0.2, 0) is 11.3 Å². The summed E-state index contributed by atoms with van der Waals surface area (Å²) >= 11 is 0. The molecule has 0 radical (unpaired) electrons. The summed E-state index contributed by atoms with van der Waals surface area (Å²) in [5.74, 6) is 1.56. The van der Waals surface area contributed by atoms with Crippen LogP contribution in [0.4, 0.5) is 0 Å². The Morgan fingerprint density at radius 3 is 2.70 bits per heavy atom. The lowest BCUT2D eigenvalue weighted by Crippen LogP contribution is -2.27. The summed E-state index contributed by atoms with van der Waals surface area (Å²) < 4.78 is 10.8. The van der Waals surface area contributed by atoms with Gasteiger partial charge in [0.15, 0.2) is 11.5 Å². The van der Waals surface area contributed by atoms with Crippen molar-refractivity contribution in [2.75, 3.05) is 26.8 Å². The number of carbonyl (C=O) groups excluding carboxylic acids is 1. The number of carbonyl (C=O) groups is 1. The third-order valence-electron chi connectivity index (χ3n) is 2.76. The predicted molar refractivity (Wildman–Crippen MR) is 79.2 cm³/mol. The third kappa shape index (κ3) is 5.48. The normalized spacial score (nSPS) is 10.2. The molecular weight excluding hydrogens is 256 g/mol. The zero-order chi connectivity index (χ0) is 14.8. The van der Waals surface area contributed by atoms with Gasteiger partial charge in [-0.1, -0.05) is 6.07 Å². The summed E-state index contributed by atoms with van der Waals surface area (Å²) in [5, 5.41) is 6.01. The van der Waals surface area contributed by atoms with Crippen LogP contribution in [-0.4, -0.2) is 32.7 Å². The Bertz CT molecular complexity index is 422. The van der Waals surface area contributed by atoms with Crippen molar-refractivity contribution in [3.63, 3.8) is 0 Å². The number of ether oxygens (including phenoxy) is 2. The van der Waals surface area contributed by atoms with Gasteiger partial charge in [0.2, 0.25) is 5.91 Å². The first-order chi connectivity index (χ1) is 9.71. The van der Waals surface area contributed by atoms with Gasteiger partial charge in [-0.15, -0.1) is 0 Å². The third-order valence-corrected chi connectivity index (χ3v) is 2.76. The van der Waals surface area contributed by atoms with E-state index in [1.165, 1.54) is 0 Å². The highest BCUT2D eigenvalue weighted by Crippen LogP contribution is 2.27. The Hall–Kier alpha value is -1.75. The molecule has 0 aliphatic heterocycles. The molecule has 1 amide bonds. The average Bonchev–Trinajstić information content (AvgIpc) is 2.45. The molecule has 112 valence electrons. The fourth-order valence-corrected chi connectivity index (χ4v) is 1.82. The summed E-state index contributed by atoms with van der Waals surface area (Å²) in [6.45, 7) is 6.49. The van der Waals surface area contributed by atoms with Gasteiger partial charge in [0.05, 0.1) is 13.7 Å². The summed E-state index contributed by atoms with van der Waals surface area (Å²) in [4.78, 5) is 11.3. The highest BCUT2D eigenvalue weighted by molar-refractivity contribution is 5.75. The molecule has 0 aliphatic carbocycles. The van der Waals surface area contributed by atoms with Crippen molar-refractivity contribution in [2.45, 2.75) is 26.8 Å². The van der Waals surface area contributed by atoms with E-state index in [4.69, 9.17) is 9.47 Å². The fraction of sp³-hybridized carbons (Fsp3) is 0.533. The van der Waals surface area contributed by atoms with Gasteiger partial charge in [-0.3, -0.25) is 4.79 Å². The number of methoxy groups -OCH3 is 1. The van der Waals surface area contributed by atoms with E-state index in [0.717, 1.165) is 17.1 Å². The second kappa shape index (κ2) is 9.20. The Kier molecular flexibility index (Phi) is 7.50. The molecule has 0 heterocycles. The number of amides is 1. The fourth-order valence-electron chi connectivity index (χ4n) is 1.82. The van der Waals surface area contributed by atoms with Crippen molar-refractivity contribution >= 4 is 5.91 Å². The van der Waals surface area contributed by atoms with Crippen molar-refractivity contribution in [3.8, 4) is 11.5 Å². The molecule has 0 aliphatic rings. The zero-order valence-corrected chi connectivity index (χ0v) is 12.5. The molecular formula is C15H24N2O3. The van der Waals surface area contributed by atoms with Crippen LogP contribution in [0.1, 0.15) is 25.8 Å². The van der Waals surface area contributed by atoms with Gasteiger partial charge >= 0.3 is 0 Å². The highest BCUT2D eigenvalue weighted by Gasteiger charge is 2.05. The van der Waals surface area contributed by atoms with Crippen LogP contribution in [0.2, 0.25) is 0 Å². The zero-order valence-electron chi connectivity index (χ0n) is 12.5. The number of rotatable bonds is 9. The maximum absolute atomic E-state index is 11.3. The number of hydrogen-bond acceptors (Lipinski definition) is 4. The largest absolute Gasteiger partial charge is 0.493 e. The molecule has 1 aromatic carbocycles. The van der Waals surface area contributed by atoms with E-state index < -0.39 is 0 Å². The summed E-state index contributed by atoms with van der Waals surface area (Å²) in [7, 11) is 1.63. The number of hydrogen-bond donors (Lipinski definition) is 2. The predicted octanol–water partition coefficient (Wildman–Crippen LogP) is 1.71. The molecule has 5 nitrogen and oxygen atoms in total. The molecule has 0 bridgehead atoms. The van der Waals surface area contributed by atoms with Gasteiger partial charge in [0.25, 0.3) is 0 Å². The highest BCUT2D eigenvalue weighted by atomic mass is 16.5. The van der Waals surface area contributed by atoms with Crippen LogP contribution >= 0.6 is 0 Å². The minimum absolute atomic E-state index is 0.0734. The van der Waals surface area contributed by atoms with E-state index in [-0.39, 0.29) is 5.91 Å². The smallest absolute Gasteiger partial charge is 0.221 e. The monoisotopic (exact) mass is 280 g/mol. The van der Waals surface area contributed by atoms with Gasteiger partial charge in [0.1, 0.15) is 0 Å². The van der Waals surface area contributed by atoms with E-state index in [2.05, 4.69) is 10.6 Å². The van der Waals surface area contributed by atoms with Crippen LogP contribution in [0.5, 0.6) is 11.5 Å². The molecule has 0 unspecified atom stereocenters. The molecule has 0 saturated carbocycles. The second-order valence-corrected chi connectivity index (χ2v) is 4.30. The maximum Gasteiger partial charge on any atom is 0.221 e. The minimum Gasteiger partial charge on any atom is -0.493 e. The first-order valence-electron chi connectivity index (χ1n) is 6.98. The number of benzene rings is 1. The lowest BCUT2D eigenvalue weighted by Gasteiger charge is -2.11. The molecule has 0 aromatic heterocycles. The van der Waals surface area contributed by atoms with E-state index in [1.807, 2.05) is 32.0 Å². The van der Waals surface area contributed by atoms with Crippen LogP contribution in [0.3, 0.4) is 0 Å². The Labute approximate surface area is 120 Å². The van der Waals surface area contributed by atoms with Crippen molar-refractivity contribution in [3.05, 3.63) is 23.8 Å². The number of nitrogens with one attached hydrogen (secondary N) is 2. The van der Waals surface area contributed by atoms with Crippen molar-refractivity contribution in [1.29, 1.82) is 0 Å². The maximum atomic E-state index is 11.3. The molecule has 0 fully saturated rings. The quantitative estimate of drug-likeness (QED) is 0.676. The molecule has 1 rings (SSSR count). The van der Waals surface area contributed by atoms with E-state index in [0.29, 0.717) is 32.7 Å². The Morgan fingerprint density at radius 1 is 1.25 bits per heavy atom. The second-order valence-electron chi connectivity index (χ2n) is 4.30. The average molecular weight is 280 g/mol. The first kappa shape index (κ1) is 16.3. The molecule has 0 atom stereocenters. The van der Waals surface area contributed by atoms with Crippen molar-refractivity contribution in [1.82, 2.24) is 10.6 Å². The van der Waals surface area contributed by atoms with E-state index in [1.54, 1.807) is 7.11 Å². The summed E-state index contributed by atoms with van der Waals surface area (Å²) in [5.41, 5.74) is 1.10. The Morgan fingerprint density at radius 2 is 2.05 bits per heavy atom. The van der Waals surface area contributed by atoms with Gasteiger partial charge in [0, 0.05) is 26.1 Å². The van der Waals surface area contributed by atoms with Crippen molar-refractivity contribution in [2.24, 2.45) is 0 Å². The molecule has 5 heteroatoms. The van der Waals surface area contributed by atoms with Crippen LogP contribution in [0.25, 0.3) is 0 Å². The molecule has 1 aromatic rings. The van der Waals surface area contributed by atoms with E-state index >= 15 is 0 Å². The van der Waals surface area contributed by atoms with Crippen LogP contribution < -0.4 is 20.1 Å². The molecule has 0 saturated heterocycles. The van der Waals surface area contributed by atoms with E-state index in [9.17, 15) is 4.79 Å². The van der Waals surface area contributed by atoms with Gasteiger partial charge in [-0.05, 0) is 31.5 Å². The lowest BCUT2D eigenvalue weighted by molar-refractivity contribution is -0.120. The summed E-state index contributed by atoms with van der Waals surface area (Å²) in [6.07, 6.45) is 0.488. The molecule has 2 N–H and O–H groups in total. The topological polar surface area (TPSA) is 59.6 Å². The van der Waals surface area contributed by atoms with Gasteiger partial charge in [-0.25, -0.2) is 0 Å². The molecule has 20 heavy (non-hydrogen) atoms. The van der Waals surface area contributed by atoms with Gasteiger partial charge in [-0.2, -0.15) is 0 Å². The SMILES string of the molecule is CCNC(=O)CCNCc1ccc(OCC)c(OC)c1. The van der Waals surface area contributed by atoms with Crippen LogP contribution in [0, 0.1) is 0 Å². The Balaban J connectivity index is 2.42. The van der Waals surface area contributed by atoms with Gasteiger partial charge < -0.3 is 20.1 Å². The van der Waals surface area contributed by atoms with Crippen LogP contribution in [0.15, 0.2) is 18.2 Å². The lowest BCUT2D eigenvalue weighted by atomic mass is 10.2. The molecule has 0 spiro atoms. The standard InChI is InChI=1S/C15H24N2O3/c1-4-17-15(18)8-9-16-11-12-6-7-13(20-5-2)14(10-12)19-3/h6-7,10,16H,4-5,8-9,11H2,1-3H3,(H,17,18). The van der Waals surface area contributed by atoms with Crippen molar-refractivity contribution < 1.29 is 14.3 Å². The summed E-state index contributed by atoms with van der Waals surface area (Å²) in [6, 6.07) is 5.85.